The minimum atomic E-state index is 0. The number of rotatable bonds is 10. The van der Waals surface area contributed by atoms with Crippen LogP contribution >= 0.6 is 24.0 Å². The topological polar surface area (TPSA) is 48.9 Å². The Bertz CT molecular complexity index is 660. The number of hydrogen-bond donors (Lipinski definition) is 2. The van der Waals surface area contributed by atoms with E-state index in [2.05, 4.69) is 65.8 Å². The second kappa shape index (κ2) is 13.2. The number of guanidine groups is 1. The summed E-state index contributed by atoms with van der Waals surface area (Å²) in [5, 5.41) is 7.03. The lowest BCUT2D eigenvalue weighted by molar-refractivity contribution is 0.105. The van der Waals surface area contributed by atoms with Crippen molar-refractivity contribution >= 4 is 35.6 Å². The lowest BCUT2D eigenvalue weighted by Crippen LogP contribution is -2.43. The van der Waals surface area contributed by atoms with E-state index in [4.69, 9.17) is 9.73 Å². The third-order valence-corrected chi connectivity index (χ3v) is 6.16. The van der Waals surface area contributed by atoms with Gasteiger partial charge in [0, 0.05) is 45.1 Å². The largest absolute Gasteiger partial charge is 0.382 e. The van der Waals surface area contributed by atoms with E-state index in [0.717, 1.165) is 51.8 Å². The standard InChI is InChI=1S/C24H38N4O.HI/c1-3-25-23(27-20-24(13-5-6-14-24)15-18-29-4-2)26-19-21-9-11-22(12-10-21)28-16-7-8-17-28;/h7-12H,3-6,13-20H2,1-2H3,(H2,25,26,27);1H. The lowest BCUT2D eigenvalue weighted by atomic mass is 9.83. The first-order valence-corrected chi connectivity index (χ1v) is 11.3. The van der Waals surface area contributed by atoms with Crippen LogP contribution in [0.2, 0.25) is 0 Å². The molecule has 3 rings (SSSR count). The molecule has 1 aromatic rings. The minimum Gasteiger partial charge on any atom is -0.382 e. The van der Waals surface area contributed by atoms with Crippen molar-refractivity contribution < 1.29 is 4.74 Å². The number of hydrogen-bond acceptors (Lipinski definition) is 3. The molecule has 6 heteroatoms. The maximum Gasteiger partial charge on any atom is 0.191 e. The first-order valence-electron chi connectivity index (χ1n) is 11.3. The Morgan fingerprint density at radius 2 is 1.77 bits per heavy atom. The highest BCUT2D eigenvalue weighted by molar-refractivity contribution is 14.0. The van der Waals surface area contributed by atoms with E-state index in [0.29, 0.717) is 12.0 Å². The average Bonchev–Trinajstić information content (AvgIpc) is 3.44. The van der Waals surface area contributed by atoms with E-state index >= 15 is 0 Å². The Morgan fingerprint density at radius 1 is 1.07 bits per heavy atom. The van der Waals surface area contributed by atoms with Crippen molar-refractivity contribution in [3.63, 3.8) is 0 Å². The summed E-state index contributed by atoms with van der Waals surface area (Å²) in [6.07, 6.45) is 10.8. The number of halogens is 1. The molecule has 0 atom stereocenters. The molecule has 5 nitrogen and oxygen atoms in total. The molecular formula is C24H39IN4O. The Kier molecular flexibility index (Phi) is 11.0. The molecule has 1 aromatic carbocycles. The van der Waals surface area contributed by atoms with E-state index < -0.39 is 0 Å². The van der Waals surface area contributed by atoms with Crippen molar-refractivity contribution in [3.8, 4) is 0 Å². The van der Waals surface area contributed by atoms with Gasteiger partial charge in [0.2, 0.25) is 0 Å². The van der Waals surface area contributed by atoms with Gasteiger partial charge in [0.05, 0.1) is 6.54 Å². The van der Waals surface area contributed by atoms with Gasteiger partial charge in [-0.25, -0.2) is 4.99 Å². The van der Waals surface area contributed by atoms with Crippen molar-refractivity contribution in [1.29, 1.82) is 0 Å². The zero-order valence-corrected chi connectivity index (χ0v) is 21.0. The van der Waals surface area contributed by atoms with Crippen molar-refractivity contribution in [1.82, 2.24) is 10.6 Å². The van der Waals surface area contributed by atoms with Crippen molar-refractivity contribution in [2.45, 2.75) is 52.5 Å². The van der Waals surface area contributed by atoms with Crippen LogP contribution in [0.25, 0.3) is 0 Å². The third kappa shape index (κ3) is 7.45. The van der Waals surface area contributed by atoms with E-state index in [1.54, 1.807) is 0 Å². The second-order valence-corrected chi connectivity index (χ2v) is 8.25. The predicted molar refractivity (Wildman–Crippen MR) is 138 cm³/mol. The first kappa shape index (κ1) is 25.0. The van der Waals surface area contributed by atoms with Gasteiger partial charge in [-0.1, -0.05) is 37.1 Å². The number of aliphatic imine (C=N–C) groups is 1. The summed E-state index contributed by atoms with van der Waals surface area (Å²) in [5.41, 5.74) is 2.88. The van der Waals surface area contributed by atoms with Crippen LogP contribution in [0.5, 0.6) is 0 Å². The Hall–Kier alpha value is -1.28. The molecule has 1 heterocycles. The fourth-order valence-electron chi connectivity index (χ4n) is 4.36. The summed E-state index contributed by atoms with van der Waals surface area (Å²) >= 11 is 0. The maximum absolute atomic E-state index is 5.65. The zero-order chi connectivity index (χ0) is 20.4. The molecular weight excluding hydrogens is 487 g/mol. The van der Waals surface area contributed by atoms with Crippen LogP contribution < -0.4 is 15.5 Å². The normalized spacial score (nSPS) is 17.8. The molecule has 168 valence electrons. The van der Waals surface area contributed by atoms with Gasteiger partial charge in [-0.05, 0) is 56.2 Å². The fraction of sp³-hybridized carbons (Fsp3) is 0.625. The first-order chi connectivity index (χ1) is 14.2. The Morgan fingerprint density at radius 3 is 2.40 bits per heavy atom. The molecule has 0 bridgehead atoms. The van der Waals surface area contributed by atoms with Gasteiger partial charge >= 0.3 is 0 Å². The molecule has 0 saturated heterocycles. The van der Waals surface area contributed by atoms with Crippen LogP contribution in [0.1, 0.15) is 51.5 Å². The summed E-state index contributed by atoms with van der Waals surface area (Å²) in [5.74, 6) is 0.919. The summed E-state index contributed by atoms with van der Waals surface area (Å²) < 4.78 is 5.65. The van der Waals surface area contributed by atoms with Crippen LogP contribution in [0.4, 0.5) is 5.69 Å². The van der Waals surface area contributed by atoms with E-state index in [-0.39, 0.29) is 24.0 Å². The summed E-state index contributed by atoms with van der Waals surface area (Å²) in [6.45, 7) is 10.4. The lowest BCUT2D eigenvalue weighted by Gasteiger charge is -2.30. The van der Waals surface area contributed by atoms with Gasteiger partial charge in [-0.15, -0.1) is 24.0 Å². The van der Waals surface area contributed by atoms with Crippen LogP contribution in [-0.2, 0) is 11.3 Å². The molecule has 0 unspecified atom stereocenters. The number of anilines is 1. The van der Waals surface area contributed by atoms with E-state index in [1.807, 2.05) is 0 Å². The molecule has 0 amide bonds. The highest BCUT2D eigenvalue weighted by Crippen LogP contribution is 2.40. The van der Waals surface area contributed by atoms with Crippen molar-refractivity contribution in [3.05, 3.63) is 42.0 Å². The molecule has 30 heavy (non-hydrogen) atoms. The predicted octanol–water partition coefficient (Wildman–Crippen LogP) is 4.72. The Labute approximate surface area is 199 Å². The van der Waals surface area contributed by atoms with Gasteiger partial charge in [0.25, 0.3) is 0 Å². The highest BCUT2D eigenvalue weighted by atomic mass is 127. The van der Waals surface area contributed by atoms with Crippen molar-refractivity contribution in [2.24, 2.45) is 10.4 Å². The molecule has 0 radical (unpaired) electrons. The number of nitrogens with zero attached hydrogens (tertiary/aromatic N) is 2. The van der Waals surface area contributed by atoms with Crippen LogP contribution in [-0.4, -0.2) is 45.4 Å². The molecule has 1 aliphatic heterocycles. The SMILES string of the molecule is CCNC(=NCc1ccc(N2CC=CC2)cc1)NCC1(CCOCC)CCCC1.I. The van der Waals surface area contributed by atoms with Gasteiger partial charge in [-0.2, -0.15) is 0 Å². The molecule has 1 aliphatic carbocycles. The average molecular weight is 527 g/mol. The van der Waals surface area contributed by atoms with E-state index in [9.17, 15) is 0 Å². The molecule has 2 N–H and O–H groups in total. The quantitative estimate of drug-likeness (QED) is 0.152. The molecule has 1 fully saturated rings. The molecule has 2 aliphatic rings. The molecule has 1 saturated carbocycles. The van der Waals surface area contributed by atoms with Gasteiger partial charge in [-0.3, -0.25) is 0 Å². The minimum absolute atomic E-state index is 0. The van der Waals surface area contributed by atoms with Gasteiger partial charge in [0.15, 0.2) is 5.96 Å². The van der Waals surface area contributed by atoms with Crippen LogP contribution in [0, 0.1) is 5.41 Å². The highest BCUT2D eigenvalue weighted by Gasteiger charge is 2.33. The summed E-state index contributed by atoms with van der Waals surface area (Å²) in [6, 6.07) is 8.81. The summed E-state index contributed by atoms with van der Waals surface area (Å²) in [7, 11) is 0. The molecule has 0 aromatic heterocycles. The number of nitrogens with one attached hydrogen (secondary N) is 2. The molecule has 0 spiro atoms. The number of ether oxygens (including phenoxy) is 1. The third-order valence-electron chi connectivity index (χ3n) is 6.16. The van der Waals surface area contributed by atoms with Crippen LogP contribution in [0.15, 0.2) is 41.4 Å². The Balaban J connectivity index is 0.00000320. The summed E-state index contributed by atoms with van der Waals surface area (Å²) in [4.78, 5) is 7.20. The zero-order valence-electron chi connectivity index (χ0n) is 18.7. The van der Waals surface area contributed by atoms with Gasteiger partial charge in [0.1, 0.15) is 0 Å². The van der Waals surface area contributed by atoms with E-state index in [1.165, 1.54) is 36.9 Å². The van der Waals surface area contributed by atoms with Crippen molar-refractivity contribution in [2.75, 3.05) is 44.3 Å². The maximum atomic E-state index is 5.65. The number of benzene rings is 1. The smallest absolute Gasteiger partial charge is 0.191 e. The fourth-order valence-corrected chi connectivity index (χ4v) is 4.36. The van der Waals surface area contributed by atoms with Gasteiger partial charge < -0.3 is 20.3 Å². The second-order valence-electron chi connectivity index (χ2n) is 8.25. The monoisotopic (exact) mass is 526 g/mol. The van der Waals surface area contributed by atoms with Crippen LogP contribution in [0.3, 0.4) is 0 Å².